The van der Waals surface area contributed by atoms with E-state index in [-0.39, 0.29) is 11.1 Å². The molecule has 0 fully saturated rings. The second kappa shape index (κ2) is 4.58. The summed E-state index contributed by atoms with van der Waals surface area (Å²) < 4.78 is 4.87. The average Bonchev–Trinajstić information content (AvgIpc) is 2.79. The molecular weight excluding hydrogens is 268 g/mol. The fourth-order valence-electron chi connectivity index (χ4n) is 2.15. The summed E-state index contributed by atoms with van der Waals surface area (Å²) in [6.07, 6.45) is 3.53. The van der Waals surface area contributed by atoms with Crippen molar-refractivity contribution in [3.63, 3.8) is 0 Å². The van der Waals surface area contributed by atoms with Gasteiger partial charge in [0.25, 0.3) is 5.56 Å². The van der Waals surface area contributed by atoms with Crippen molar-refractivity contribution in [1.82, 2.24) is 9.97 Å². The molecule has 0 saturated heterocycles. The average molecular weight is 278 g/mol. The number of H-pyrrole nitrogens is 2. The molecule has 0 radical (unpaired) electrons. The van der Waals surface area contributed by atoms with Crippen LogP contribution in [-0.4, -0.2) is 15.2 Å². The van der Waals surface area contributed by atoms with Crippen LogP contribution in [-0.2, 0) is 6.42 Å². The zero-order valence-corrected chi connectivity index (χ0v) is 10.6. The molecule has 2 N–H and O–H groups in total. The van der Waals surface area contributed by atoms with Gasteiger partial charge < -0.3 is 4.42 Å². The number of rotatable bonds is 2. The number of hydrogen-bond donors (Lipinski definition) is 2. The standard InChI is InChI=1S/C12H10N2O4S/c15-8-5-6(4-7-2-1-3-19-7)9-10(16)13-12(17)14-11(9)18-8/h1,3,5,7H,2,4H2,(H2,13,14,16,17). The molecule has 0 aliphatic carbocycles. The van der Waals surface area contributed by atoms with E-state index in [1.54, 1.807) is 11.8 Å². The minimum Gasteiger partial charge on any atom is -0.405 e. The van der Waals surface area contributed by atoms with Gasteiger partial charge in [-0.15, -0.1) is 11.8 Å². The largest absolute Gasteiger partial charge is 0.405 e. The van der Waals surface area contributed by atoms with E-state index in [0.717, 1.165) is 6.42 Å². The van der Waals surface area contributed by atoms with Crippen molar-refractivity contribution in [1.29, 1.82) is 0 Å². The molecule has 0 spiro atoms. The molecule has 1 aliphatic rings. The maximum absolute atomic E-state index is 11.8. The number of aromatic amines is 2. The third-order valence-electron chi connectivity index (χ3n) is 2.94. The lowest BCUT2D eigenvalue weighted by atomic mass is 10.1. The van der Waals surface area contributed by atoms with Crippen LogP contribution in [0.2, 0.25) is 0 Å². The maximum atomic E-state index is 11.8. The fraction of sp³-hybridized carbons (Fsp3) is 0.250. The summed E-state index contributed by atoms with van der Waals surface area (Å²) in [5, 5.41) is 2.55. The van der Waals surface area contributed by atoms with Gasteiger partial charge in [-0.1, -0.05) is 6.08 Å². The van der Waals surface area contributed by atoms with E-state index in [9.17, 15) is 14.4 Å². The van der Waals surface area contributed by atoms with E-state index < -0.39 is 16.9 Å². The van der Waals surface area contributed by atoms with Gasteiger partial charge in [0.15, 0.2) is 0 Å². The molecule has 2 aromatic rings. The van der Waals surface area contributed by atoms with Gasteiger partial charge in [0.2, 0.25) is 5.71 Å². The number of allylic oxidation sites excluding steroid dienone is 1. The molecule has 1 atom stereocenters. The molecule has 0 aromatic carbocycles. The summed E-state index contributed by atoms with van der Waals surface area (Å²) >= 11 is 1.66. The highest BCUT2D eigenvalue weighted by Crippen LogP contribution is 2.27. The Morgan fingerprint density at radius 1 is 1.32 bits per heavy atom. The molecule has 19 heavy (non-hydrogen) atoms. The van der Waals surface area contributed by atoms with Crippen molar-refractivity contribution < 1.29 is 4.42 Å². The van der Waals surface area contributed by atoms with Crippen LogP contribution in [0, 0.1) is 0 Å². The lowest BCUT2D eigenvalue weighted by Gasteiger charge is -2.09. The van der Waals surface area contributed by atoms with Gasteiger partial charge in [-0.3, -0.25) is 14.8 Å². The Labute approximate surface area is 110 Å². The molecule has 1 aliphatic heterocycles. The summed E-state index contributed by atoms with van der Waals surface area (Å²) in [7, 11) is 0. The normalized spacial score (nSPS) is 18.2. The van der Waals surface area contributed by atoms with Crippen LogP contribution < -0.4 is 16.9 Å². The Bertz CT molecular complexity index is 817. The summed E-state index contributed by atoms with van der Waals surface area (Å²) in [6.45, 7) is 0. The van der Waals surface area contributed by atoms with E-state index >= 15 is 0 Å². The lowest BCUT2D eigenvalue weighted by Crippen LogP contribution is -2.24. The number of aromatic nitrogens is 2. The topological polar surface area (TPSA) is 95.9 Å². The SMILES string of the molecule is O=c1[nH]c(=O)c2c(CC3CC=CS3)cc(=O)oc2[nH]1. The first kappa shape index (κ1) is 12.0. The van der Waals surface area contributed by atoms with Crippen molar-refractivity contribution in [2.45, 2.75) is 18.1 Å². The number of fused-ring (bicyclic) bond motifs is 1. The van der Waals surface area contributed by atoms with Crippen LogP contribution in [0.4, 0.5) is 0 Å². The van der Waals surface area contributed by atoms with Crippen molar-refractivity contribution in [3.8, 4) is 0 Å². The smallest absolute Gasteiger partial charge is 0.337 e. The minimum atomic E-state index is -0.685. The third-order valence-corrected chi connectivity index (χ3v) is 4.03. The Kier molecular flexibility index (Phi) is 2.90. The molecule has 6 nitrogen and oxygen atoms in total. The van der Waals surface area contributed by atoms with Gasteiger partial charge in [0.1, 0.15) is 5.39 Å². The van der Waals surface area contributed by atoms with Crippen LogP contribution in [0.1, 0.15) is 12.0 Å². The van der Waals surface area contributed by atoms with E-state index in [1.807, 2.05) is 5.41 Å². The Balaban J connectivity index is 2.19. The summed E-state index contributed by atoms with van der Waals surface area (Å²) in [5.41, 5.74) is -1.25. The van der Waals surface area contributed by atoms with Gasteiger partial charge >= 0.3 is 11.3 Å². The molecule has 0 saturated carbocycles. The zero-order valence-electron chi connectivity index (χ0n) is 9.76. The highest BCUT2D eigenvalue weighted by Gasteiger charge is 2.17. The second-order valence-corrected chi connectivity index (χ2v) is 5.48. The molecule has 98 valence electrons. The predicted octanol–water partition coefficient (Wildman–Crippen LogP) is 0.731. The molecule has 1 unspecified atom stereocenters. The van der Waals surface area contributed by atoms with Crippen LogP contribution >= 0.6 is 11.8 Å². The first-order chi connectivity index (χ1) is 9.13. The van der Waals surface area contributed by atoms with Crippen LogP contribution in [0.3, 0.4) is 0 Å². The lowest BCUT2D eigenvalue weighted by molar-refractivity contribution is 0.544. The summed E-state index contributed by atoms with van der Waals surface area (Å²) in [4.78, 5) is 39.0. The highest BCUT2D eigenvalue weighted by molar-refractivity contribution is 8.03. The zero-order chi connectivity index (χ0) is 13.4. The maximum Gasteiger partial charge on any atom is 0.337 e. The monoisotopic (exact) mass is 278 g/mol. The Hall–Kier alpha value is -2.02. The number of hydrogen-bond acceptors (Lipinski definition) is 5. The highest BCUT2D eigenvalue weighted by atomic mass is 32.2. The summed E-state index contributed by atoms with van der Waals surface area (Å²) in [5.74, 6) is 0. The van der Waals surface area contributed by atoms with E-state index in [4.69, 9.17) is 4.42 Å². The molecule has 7 heteroatoms. The van der Waals surface area contributed by atoms with Crippen molar-refractivity contribution in [3.05, 3.63) is 54.4 Å². The van der Waals surface area contributed by atoms with Crippen molar-refractivity contribution >= 4 is 22.9 Å². The summed E-state index contributed by atoms with van der Waals surface area (Å²) in [6, 6.07) is 1.31. The number of nitrogens with one attached hydrogen (secondary N) is 2. The van der Waals surface area contributed by atoms with E-state index in [0.29, 0.717) is 17.2 Å². The molecule has 0 bridgehead atoms. The minimum absolute atomic E-state index is 0.0628. The third kappa shape index (κ3) is 2.28. The van der Waals surface area contributed by atoms with Crippen LogP contribution in [0.5, 0.6) is 0 Å². The second-order valence-electron chi connectivity index (χ2n) is 4.27. The van der Waals surface area contributed by atoms with E-state index in [1.165, 1.54) is 6.07 Å². The quantitative estimate of drug-likeness (QED) is 0.844. The van der Waals surface area contributed by atoms with Crippen LogP contribution in [0.15, 0.2) is 36.4 Å². The molecule has 2 aromatic heterocycles. The van der Waals surface area contributed by atoms with Crippen molar-refractivity contribution in [2.75, 3.05) is 0 Å². The van der Waals surface area contributed by atoms with Crippen molar-refractivity contribution in [2.24, 2.45) is 0 Å². The van der Waals surface area contributed by atoms with Gasteiger partial charge in [-0.05, 0) is 23.8 Å². The van der Waals surface area contributed by atoms with Gasteiger partial charge in [0.05, 0.1) is 0 Å². The van der Waals surface area contributed by atoms with Gasteiger partial charge in [0, 0.05) is 11.3 Å². The molecule has 3 heterocycles. The first-order valence-corrected chi connectivity index (χ1v) is 6.67. The van der Waals surface area contributed by atoms with Gasteiger partial charge in [-0.2, -0.15) is 0 Å². The Morgan fingerprint density at radius 2 is 2.16 bits per heavy atom. The molecule has 0 amide bonds. The van der Waals surface area contributed by atoms with E-state index in [2.05, 4.69) is 16.0 Å². The van der Waals surface area contributed by atoms with Crippen LogP contribution in [0.25, 0.3) is 11.1 Å². The Morgan fingerprint density at radius 3 is 2.89 bits per heavy atom. The van der Waals surface area contributed by atoms with Gasteiger partial charge in [-0.25, -0.2) is 9.59 Å². The molecular formula is C12H10N2O4S. The predicted molar refractivity (Wildman–Crippen MR) is 72.6 cm³/mol. The number of thioether (sulfide) groups is 1. The fourth-order valence-corrected chi connectivity index (χ4v) is 3.09. The molecule has 3 rings (SSSR count). The first-order valence-electron chi connectivity index (χ1n) is 5.73.